The van der Waals surface area contributed by atoms with E-state index in [1.165, 1.54) is 81.8 Å². The predicted molar refractivity (Wildman–Crippen MR) is 217 cm³/mol. The molecule has 2 unspecified atom stereocenters. The minimum Gasteiger partial charge on any atom is -0.413 e. The van der Waals surface area contributed by atoms with Gasteiger partial charge in [-0.25, -0.2) is 0 Å². The molecule has 1 heterocycles. The highest BCUT2D eigenvalue weighted by Crippen LogP contribution is 2.60. The highest BCUT2D eigenvalue weighted by molar-refractivity contribution is 6.74. The Kier molecular flexibility index (Phi) is 13.0. The van der Waals surface area contributed by atoms with E-state index in [9.17, 15) is 0 Å². The van der Waals surface area contributed by atoms with Crippen LogP contribution in [-0.4, -0.2) is 41.6 Å². The molecule has 0 spiro atoms. The van der Waals surface area contributed by atoms with Crippen LogP contribution in [0.1, 0.15) is 153 Å². The first kappa shape index (κ1) is 41.3. The van der Waals surface area contributed by atoms with Crippen LogP contribution < -0.4 is 0 Å². The molecule has 4 fully saturated rings. The van der Waals surface area contributed by atoms with Crippen molar-refractivity contribution in [3.8, 4) is 0 Å². The van der Waals surface area contributed by atoms with Crippen molar-refractivity contribution in [2.75, 3.05) is 6.61 Å². The minimum absolute atomic E-state index is 0.0389. The minimum atomic E-state index is -1.97. The van der Waals surface area contributed by atoms with Crippen molar-refractivity contribution in [1.29, 1.82) is 0 Å². The Morgan fingerprint density at radius 3 is 2.16 bits per heavy atom. The van der Waals surface area contributed by atoms with Crippen molar-refractivity contribution in [1.82, 2.24) is 0 Å². The van der Waals surface area contributed by atoms with Crippen LogP contribution in [0.25, 0.3) is 0 Å². The van der Waals surface area contributed by atoms with Crippen LogP contribution in [0.5, 0.6) is 0 Å². The second-order valence-electron chi connectivity index (χ2n) is 21.1. The molecule has 0 bridgehead atoms. The fraction of sp³-hybridized carbons (Fsp3) is 0.864. The van der Waals surface area contributed by atoms with Crippen LogP contribution in [0, 0.1) is 28.6 Å². The molecule has 0 radical (unpaired) electrons. The van der Waals surface area contributed by atoms with E-state index in [4.69, 9.17) is 20.2 Å². The van der Waals surface area contributed by atoms with Gasteiger partial charge in [0.1, 0.15) is 0 Å². The van der Waals surface area contributed by atoms with E-state index in [0.717, 1.165) is 31.3 Å². The number of fused-ring (bicyclic) bond motifs is 1. The third-order valence-electron chi connectivity index (χ3n) is 15.0. The first-order valence-electron chi connectivity index (χ1n) is 20.5. The standard InChI is InChI=1S/C44H80O3Si2/c1-32(20-18-27-43(9,10)40-22-16-17-29-45-40)37-25-26-38-34(21-19-28-44(37,38)11)23-24-35-30-36(46-48(12,13)41(3,4)5)31-39(33(35)2)47-49(14,15)42(6,7)8/h23-24,32,36-40H,2,16-22,25-31H2,1,3-15H3/b34-23+,35-24+/t32-,36-,37?,38+,39+,40?,44-/m1/s1. The summed E-state index contributed by atoms with van der Waals surface area (Å²) >= 11 is 0. The summed E-state index contributed by atoms with van der Waals surface area (Å²) in [6, 6.07) is 0. The SMILES string of the molecule is C=C1/C(=C/C=C2\CCC[C@]3(C)C([C@H](C)CCCC(C)(C)C4CCCCO4)CC[C@@H]23)C[C@@H](O[Si](C)(C)C(C)(C)C)C[C@@H]1O[Si](C)(C)C(C)(C)C. The molecule has 0 aromatic heterocycles. The third-order valence-corrected chi connectivity index (χ3v) is 24.0. The topological polar surface area (TPSA) is 27.7 Å². The molecule has 4 rings (SSSR count). The largest absolute Gasteiger partial charge is 0.413 e. The fourth-order valence-electron chi connectivity index (χ4n) is 9.58. The Morgan fingerprint density at radius 2 is 1.55 bits per heavy atom. The van der Waals surface area contributed by atoms with Gasteiger partial charge < -0.3 is 13.6 Å². The summed E-state index contributed by atoms with van der Waals surface area (Å²) in [5.41, 5.74) is 4.99. The summed E-state index contributed by atoms with van der Waals surface area (Å²) in [5.74, 6) is 2.33. The zero-order valence-electron chi connectivity index (χ0n) is 35.0. The Labute approximate surface area is 307 Å². The molecule has 0 amide bonds. The van der Waals surface area contributed by atoms with Gasteiger partial charge in [0.05, 0.1) is 18.3 Å². The lowest BCUT2D eigenvalue weighted by Crippen LogP contribution is -2.49. The lowest BCUT2D eigenvalue weighted by molar-refractivity contribution is -0.0590. The highest BCUT2D eigenvalue weighted by atomic mass is 28.4. The molecule has 3 aliphatic carbocycles. The molecule has 7 atom stereocenters. The number of hydrogen-bond donors (Lipinski definition) is 0. The maximum absolute atomic E-state index is 7.13. The van der Waals surface area contributed by atoms with Crippen molar-refractivity contribution < 1.29 is 13.6 Å². The fourth-order valence-corrected chi connectivity index (χ4v) is 12.2. The molecule has 3 saturated carbocycles. The zero-order chi connectivity index (χ0) is 36.6. The Morgan fingerprint density at radius 1 is 0.898 bits per heavy atom. The van der Waals surface area contributed by atoms with Crippen LogP contribution in [0.3, 0.4) is 0 Å². The van der Waals surface area contributed by atoms with E-state index in [0.29, 0.717) is 22.9 Å². The molecule has 0 aromatic carbocycles. The Hall–Kier alpha value is -0.466. The summed E-state index contributed by atoms with van der Waals surface area (Å²) < 4.78 is 20.5. The van der Waals surface area contributed by atoms with Crippen LogP contribution in [0.4, 0.5) is 0 Å². The second kappa shape index (κ2) is 15.5. The average Bonchev–Trinajstić information content (AvgIpc) is 3.34. The van der Waals surface area contributed by atoms with E-state index < -0.39 is 16.6 Å². The van der Waals surface area contributed by atoms with E-state index in [1.807, 2.05) is 0 Å². The number of hydrogen-bond acceptors (Lipinski definition) is 3. The quantitative estimate of drug-likeness (QED) is 0.200. The molecule has 3 nitrogen and oxygen atoms in total. The summed E-state index contributed by atoms with van der Waals surface area (Å²) in [4.78, 5) is 0. The predicted octanol–water partition coefficient (Wildman–Crippen LogP) is 13.6. The van der Waals surface area contributed by atoms with Crippen LogP contribution in [0.2, 0.25) is 36.3 Å². The summed E-state index contributed by atoms with van der Waals surface area (Å²) in [6.45, 7) is 39.5. The zero-order valence-corrected chi connectivity index (χ0v) is 37.0. The van der Waals surface area contributed by atoms with Gasteiger partial charge in [0.2, 0.25) is 0 Å². The van der Waals surface area contributed by atoms with Gasteiger partial charge in [-0.2, -0.15) is 0 Å². The lowest BCUT2D eigenvalue weighted by Gasteiger charge is -2.46. The molecular formula is C44H80O3Si2. The van der Waals surface area contributed by atoms with Gasteiger partial charge in [-0.15, -0.1) is 0 Å². The van der Waals surface area contributed by atoms with Gasteiger partial charge >= 0.3 is 0 Å². The maximum atomic E-state index is 7.13. The molecule has 282 valence electrons. The van der Waals surface area contributed by atoms with Crippen molar-refractivity contribution in [2.24, 2.45) is 28.6 Å². The molecule has 49 heavy (non-hydrogen) atoms. The molecular weight excluding hydrogens is 633 g/mol. The van der Waals surface area contributed by atoms with Gasteiger partial charge in [-0.05, 0) is 140 Å². The van der Waals surface area contributed by atoms with E-state index in [2.05, 4.69) is 108 Å². The molecule has 4 aliphatic rings. The average molecular weight is 713 g/mol. The molecule has 0 aromatic rings. The van der Waals surface area contributed by atoms with Crippen molar-refractivity contribution >= 4 is 16.6 Å². The van der Waals surface area contributed by atoms with Gasteiger partial charge in [0, 0.05) is 13.0 Å². The summed E-state index contributed by atoms with van der Waals surface area (Å²) in [5, 5.41) is 0.348. The maximum Gasteiger partial charge on any atom is 0.192 e. The van der Waals surface area contributed by atoms with E-state index in [1.54, 1.807) is 5.57 Å². The molecule has 0 N–H and O–H groups in total. The van der Waals surface area contributed by atoms with Crippen LogP contribution >= 0.6 is 0 Å². The summed E-state index contributed by atoms with van der Waals surface area (Å²) in [6.07, 6.45) is 22.1. The molecule has 1 saturated heterocycles. The summed E-state index contributed by atoms with van der Waals surface area (Å²) in [7, 11) is -3.90. The number of ether oxygens (including phenoxy) is 1. The smallest absolute Gasteiger partial charge is 0.192 e. The Bertz CT molecular complexity index is 1190. The van der Waals surface area contributed by atoms with Crippen molar-refractivity contribution in [3.05, 3.63) is 35.5 Å². The van der Waals surface area contributed by atoms with Crippen molar-refractivity contribution in [2.45, 2.75) is 207 Å². The number of allylic oxidation sites excluding steroid dienone is 3. The number of rotatable bonds is 11. The van der Waals surface area contributed by atoms with Crippen LogP contribution in [-0.2, 0) is 13.6 Å². The van der Waals surface area contributed by atoms with Gasteiger partial charge in [0.15, 0.2) is 16.6 Å². The van der Waals surface area contributed by atoms with E-state index >= 15 is 0 Å². The second-order valence-corrected chi connectivity index (χ2v) is 30.6. The lowest BCUT2D eigenvalue weighted by atomic mass is 9.60. The molecule has 1 aliphatic heterocycles. The third kappa shape index (κ3) is 9.56. The first-order valence-corrected chi connectivity index (χ1v) is 26.4. The normalized spacial score (nSPS) is 33.3. The highest BCUT2D eigenvalue weighted by Gasteiger charge is 2.51. The van der Waals surface area contributed by atoms with Gasteiger partial charge in [0.25, 0.3) is 0 Å². The van der Waals surface area contributed by atoms with Crippen molar-refractivity contribution in [3.63, 3.8) is 0 Å². The Balaban J connectivity index is 1.49. The van der Waals surface area contributed by atoms with Gasteiger partial charge in [-0.3, -0.25) is 0 Å². The van der Waals surface area contributed by atoms with Gasteiger partial charge in [-0.1, -0.05) is 106 Å². The first-order chi connectivity index (χ1) is 22.5. The monoisotopic (exact) mass is 713 g/mol. The molecule has 5 heteroatoms. The van der Waals surface area contributed by atoms with Crippen LogP contribution in [0.15, 0.2) is 35.5 Å². The van der Waals surface area contributed by atoms with E-state index in [-0.39, 0.29) is 22.3 Å².